The molecule has 0 spiro atoms. The number of ether oxygens (including phenoxy) is 4. The van der Waals surface area contributed by atoms with Gasteiger partial charge >= 0.3 is 54.7 Å². The van der Waals surface area contributed by atoms with Crippen LogP contribution in [-0.4, -0.2) is 91.4 Å². The second-order valence-electron chi connectivity index (χ2n) is 21.6. The number of nitrogens with one attached hydrogen (secondary N) is 2. The number of carbonyl (C=O) groups excluding carboxylic acids is 4. The van der Waals surface area contributed by atoms with Crippen LogP contribution in [0.4, 0.5) is 9.18 Å². The number of amides is 2. The maximum absolute atomic E-state index is 14.4. The van der Waals surface area contributed by atoms with Gasteiger partial charge in [-0.1, -0.05) is 206 Å². The number of phosphoric acid groups is 1. The Labute approximate surface area is 486 Å². The Morgan fingerprint density at radius 3 is 1.53 bits per heavy atom. The summed E-state index contributed by atoms with van der Waals surface area (Å²) < 4.78 is 59.3. The summed E-state index contributed by atoms with van der Waals surface area (Å²) in [5, 5.41) is 23.4. The maximum atomic E-state index is 14.4. The molecule has 16 nitrogen and oxygen atoms in total. The van der Waals surface area contributed by atoms with Crippen molar-refractivity contribution in [3.05, 3.63) is 29.6 Å². The second-order valence-corrected chi connectivity index (χ2v) is 23.0. The zero-order valence-electron chi connectivity index (χ0n) is 48.9. The summed E-state index contributed by atoms with van der Waals surface area (Å²) in [6.45, 7) is 8.21. The molecule has 2 unspecified atom stereocenters. The van der Waals surface area contributed by atoms with Gasteiger partial charge in [0.15, 0.2) is 6.10 Å². The third-order valence-electron chi connectivity index (χ3n) is 13.2. The Hall–Kier alpha value is -2.12. The first-order valence-electron chi connectivity index (χ1n) is 29.3. The van der Waals surface area contributed by atoms with Gasteiger partial charge in [-0.25, -0.2) is 9.18 Å². The summed E-state index contributed by atoms with van der Waals surface area (Å²) in [5.41, 5.74) is -2.62. The Morgan fingerprint density at radius 2 is 1.09 bits per heavy atom. The molecule has 4 N–H and O–H groups in total. The number of alkyl carbamates (subject to hydrolysis) is 1. The smallest absolute Gasteiger partial charge is 0.756 e. The summed E-state index contributed by atoms with van der Waals surface area (Å²) in [5.74, 6) is -2.34. The van der Waals surface area contributed by atoms with E-state index < -0.39 is 75.2 Å². The zero-order chi connectivity index (χ0) is 56.3. The van der Waals surface area contributed by atoms with Gasteiger partial charge in [-0.3, -0.25) is 18.9 Å². The number of hydrogen-bond donors (Lipinski definition) is 4. The molecule has 0 aliphatic rings. The van der Waals surface area contributed by atoms with Crippen LogP contribution in [0.1, 0.15) is 253 Å². The largest absolute Gasteiger partial charge is 1.00 e. The van der Waals surface area contributed by atoms with Crippen LogP contribution in [0.3, 0.4) is 0 Å². The summed E-state index contributed by atoms with van der Waals surface area (Å²) in [6.07, 6.45) is 34.1. The second kappa shape index (κ2) is 46.5. The van der Waals surface area contributed by atoms with Crippen LogP contribution in [0.25, 0.3) is 0 Å². The molecule has 440 valence electrons. The van der Waals surface area contributed by atoms with Gasteiger partial charge in [0.1, 0.15) is 23.6 Å². The van der Waals surface area contributed by atoms with E-state index in [9.17, 15) is 43.1 Å². The van der Waals surface area contributed by atoms with E-state index in [1.54, 1.807) is 0 Å². The van der Waals surface area contributed by atoms with Crippen LogP contribution in [0, 0.1) is 5.82 Å². The molecule has 0 saturated heterocycles. The van der Waals surface area contributed by atoms with Crippen molar-refractivity contribution in [2.75, 3.05) is 33.0 Å². The van der Waals surface area contributed by atoms with Crippen molar-refractivity contribution < 1.29 is 101 Å². The fourth-order valence-corrected chi connectivity index (χ4v) is 9.15. The van der Waals surface area contributed by atoms with E-state index in [0.717, 1.165) is 44.6 Å². The van der Waals surface area contributed by atoms with E-state index in [1.807, 2.05) is 0 Å². The zero-order valence-corrected chi connectivity index (χ0v) is 51.8. The van der Waals surface area contributed by atoms with Crippen molar-refractivity contribution in [2.24, 2.45) is 0 Å². The van der Waals surface area contributed by atoms with Crippen LogP contribution in [0.2, 0.25) is 0 Å². The molecule has 0 saturated carbocycles. The molecule has 0 radical (unpaired) electrons. The third kappa shape index (κ3) is 42.4. The summed E-state index contributed by atoms with van der Waals surface area (Å²) >= 11 is 0. The minimum Gasteiger partial charge on any atom is -0.756 e. The average molecular weight is 1120 g/mol. The molecule has 0 heterocycles. The minimum absolute atomic E-state index is 0. The van der Waals surface area contributed by atoms with E-state index >= 15 is 0 Å². The van der Waals surface area contributed by atoms with E-state index in [-0.39, 0.29) is 79.7 Å². The van der Waals surface area contributed by atoms with Crippen LogP contribution in [0.15, 0.2) is 18.2 Å². The van der Waals surface area contributed by atoms with Crippen molar-refractivity contribution in [2.45, 2.75) is 271 Å². The monoisotopic (exact) mass is 1120 g/mol. The molecule has 77 heavy (non-hydrogen) atoms. The topological polar surface area (TPSA) is 228 Å². The molecule has 2 atom stereocenters. The predicted octanol–water partition coefficient (Wildman–Crippen LogP) is 8.91. The van der Waals surface area contributed by atoms with Crippen molar-refractivity contribution in [3.8, 4) is 0 Å². The van der Waals surface area contributed by atoms with Crippen molar-refractivity contribution >= 4 is 44.3 Å². The van der Waals surface area contributed by atoms with E-state index in [1.165, 1.54) is 181 Å². The molecule has 1 aromatic carbocycles. The number of phosphoric ester groups is 1. The van der Waals surface area contributed by atoms with Gasteiger partial charge in [0, 0.05) is 31.5 Å². The number of rotatable bonds is 50. The van der Waals surface area contributed by atoms with Gasteiger partial charge in [-0.2, -0.15) is 0 Å². The first-order valence-corrected chi connectivity index (χ1v) is 30.8. The van der Waals surface area contributed by atoms with Gasteiger partial charge < -0.3 is 53.6 Å². The first-order chi connectivity index (χ1) is 36.3. The molecule has 0 bridgehead atoms. The molecule has 20 heteroatoms. The Morgan fingerprint density at radius 1 is 0.649 bits per heavy atom. The van der Waals surface area contributed by atoms with E-state index in [2.05, 4.69) is 24.5 Å². The quantitative estimate of drug-likeness (QED) is 0.0157. The molecule has 0 fully saturated rings. The van der Waals surface area contributed by atoms with Crippen LogP contribution < -0.4 is 50.5 Å². The molecular weight excluding hydrogens is 1020 g/mol. The SMILES string of the molecule is CCCCCCCCCCCCCCCCCC(=O)OCC(COP(=O)([O-])OCCNC(=O)OC(C)(C)COC(C)(C)C(=O)NCc1ccc(B(O)O)cc1F)OC(=O)CCCCCCCCCCCCCCCCC.[Na+]. The standard InChI is InChI=1S/C57H103BFN2O14P.Na/c1-7-9-11-13-15-17-19-21-23-25-27-29-31-33-35-37-52(62)70-45-50(74-53(63)38-36-34-32-30-28-26-24-22-20-18-16-14-12-10-8-2)46-73-76(68,69)72-42-41-60-55(65)75-56(3,4)47-71-57(5,6)54(64)61-44-48-39-40-49(58(66)67)43-51(48)59;/h39-40,43,50,66-67H,7-38,41-42,44-47H2,1-6H3,(H,60,65)(H,61,64)(H,68,69);/q;+1/p-1. The average Bonchev–Trinajstić information content (AvgIpc) is 3.37. The molecule has 0 aromatic heterocycles. The number of benzene rings is 1. The Kier molecular flexibility index (Phi) is 45.2. The van der Waals surface area contributed by atoms with Gasteiger partial charge in [0.2, 0.25) is 0 Å². The van der Waals surface area contributed by atoms with Crippen molar-refractivity contribution in [1.29, 1.82) is 0 Å². The fourth-order valence-electron chi connectivity index (χ4n) is 8.41. The van der Waals surface area contributed by atoms with Gasteiger partial charge in [0.05, 0.1) is 19.8 Å². The molecular formula is C57H102BFN2NaO14P. The predicted molar refractivity (Wildman–Crippen MR) is 296 cm³/mol. The number of carbonyl (C=O) groups is 4. The molecule has 0 aliphatic carbocycles. The van der Waals surface area contributed by atoms with E-state index in [4.69, 9.17) is 28.0 Å². The van der Waals surface area contributed by atoms with E-state index in [0.29, 0.717) is 12.8 Å². The number of esters is 2. The number of halogens is 1. The number of unbranched alkanes of at least 4 members (excludes halogenated alkanes) is 28. The van der Waals surface area contributed by atoms with Crippen molar-refractivity contribution in [3.63, 3.8) is 0 Å². The van der Waals surface area contributed by atoms with Gasteiger partial charge in [-0.15, -0.1) is 0 Å². The maximum Gasteiger partial charge on any atom is 1.00 e. The van der Waals surface area contributed by atoms with Crippen LogP contribution >= 0.6 is 7.82 Å². The number of hydrogen-bond acceptors (Lipinski definition) is 14. The van der Waals surface area contributed by atoms with Gasteiger partial charge in [-0.05, 0) is 52.1 Å². The summed E-state index contributed by atoms with van der Waals surface area (Å²) in [7, 11) is -6.82. The first kappa shape index (κ1) is 74.9. The Bertz CT molecular complexity index is 1750. The minimum atomic E-state index is -4.98. The molecule has 1 rings (SSSR count). The van der Waals surface area contributed by atoms with Crippen molar-refractivity contribution in [1.82, 2.24) is 10.6 Å². The molecule has 1 aromatic rings. The van der Waals surface area contributed by atoms with Crippen LogP contribution in [-0.2, 0) is 53.5 Å². The summed E-state index contributed by atoms with van der Waals surface area (Å²) in [4.78, 5) is 63.8. The molecule has 0 aliphatic heterocycles. The van der Waals surface area contributed by atoms with Gasteiger partial charge in [0.25, 0.3) is 13.7 Å². The Balaban J connectivity index is 0.0000578. The third-order valence-corrected chi connectivity index (χ3v) is 14.2. The fraction of sp³-hybridized carbons (Fsp3) is 0.825. The van der Waals surface area contributed by atoms with Crippen LogP contribution in [0.5, 0.6) is 0 Å². The normalized spacial score (nSPS) is 12.8. The molecule has 2 amide bonds. The summed E-state index contributed by atoms with van der Waals surface area (Å²) in [6, 6.07) is 3.60.